The van der Waals surface area contributed by atoms with Crippen LogP contribution in [0.4, 0.5) is 5.69 Å². The zero-order chi connectivity index (χ0) is 21.3. The standard InChI is InChI=1S/C23H19ClN2O4/c1-13-4-5-15(23-26-19-12-16(28-2)7-9-21(19)30-23)11-18(13)25-22(27)14-6-8-20(29-3)17(24)10-14/h4-12H,1-3H3,(H,25,27). The number of fused-ring (bicyclic) bond motifs is 1. The third-order valence-corrected chi connectivity index (χ3v) is 5.04. The molecule has 0 aliphatic heterocycles. The van der Waals surface area contributed by atoms with E-state index in [1.165, 1.54) is 7.11 Å². The van der Waals surface area contributed by atoms with Gasteiger partial charge in [-0.05, 0) is 55.0 Å². The molecular formula is C23H19ClN2O4. The molecule has 0 fully saturated rings. The zero-order valence-corrected chi connectivity index (χ0v) is 17.4. The van der Waals surface area contributed by atoms with E-state index in [0.29, 0.717) is 44.8 Å². The molecule has 0 spiro atoms. The van der Waals surface area contributed by atoms with Gasteiger partial charge in [0, 0.05) is 22.9 Å². The van der Waals surface area contributed by atoms with Crippen LogP contribution in [0.1, 0.15) is 15.9 Å². The number of rotatable bonds is 5. The lowest BCUT2D eigenvalue weighted by molar-refractivity contribution is 0.102. The average Bonchev–Trinajstić information content (AvgIpc) is 3.18. The lowest BCUT2D eigenvalue weighted by atomic mass is 10.1. The number of amides is 1. The summed E-state index contributed by atoms with van der Waals surface area (Å²) in [5.74, 6) is 1.40. The molecule has 4 rings (SSSR count). The number of nitrogens with one attached hydrogen (secondary N) is 1. The summed E-state index contributed by atoms with van der Waals surface area (Å²) in [6.07, 6.45) is 0. The Hall–Kier alpha value is -3.51. The molecule has 0 aliphatic rings. The summed E-state index contributed by atoms with van der Waals surface area (Å²) < 4.78 is 16.2. The van der Waals surface area contributed by atoms with Gasteiger partial charge < -0.3 is 19.2 Å². The second-order valence-corrected chi connectivity index (χ2v) is 7.09. The molecule has 0 saturated carbocycles. The van der Waals surface area contributed by atoms with E-state index < -0.39 is 0 Å². The van der Waals surface area contributed by atoms with Crippen LogP contribution in [-0.2, 0) is 0 Å². The highest BCUT2D eigenvalue weighted by atomic mass is 35.5. The number of carbonyl (C=O) groups is 1. The van der Waals surface area contributed by atoms with Gasteiger partial charge in [-0.1, -0.05) is 17.7 Å². The number of aromatic nitrogens is 1. The van der Waals surface area contributed by atoms with Crippen LogP contribution in [-0.4, -0.2) is 25.1 Å². The Balaban J connectivity index is 1.63. The van der Waals surface area contributed by atoms with Crippen LogP contribution < -0.4 is 14.8 Å². The maximum Gasteiger partial charge on any atom is 0.255 e. The number of nitrogens with zero attached hydrogens (tertiary/aromatic N) is 1. The number of halogens is 1. The number of ether oxygens (including phenoxy) is 2. The van der Waals surface area contributed by atoms with Crippen molar-refractivity contribution in [2.24, 2.45) is 0 Å². The van der Waals surface area contributed by atoms with Crippen LogP contribution in [0.5, 0.6) is 11.5 Å². The van der Waals surface area contributed by atoms with Crippen LogP contribution in [0.15, 0.2) is 59.0 Å². The van der Waals surface area contributed by atoms with Crippen molar-refractivity contribution in [1.82, 2.24) is 4.98 Å². The predicted molar refractivity (Wildman–Crippen MR) is 117 cm³/mol. The monoisotopic (exact) mass is 422 g/mol. The Kier molecular flexibility index (Phi) is 5.33. The molecule has 1 N–H and O–H groups in total. The van der Waals surface area contributed by atoms with Gasteiger partial charge in [-0.3, -0.25) is 4.79 Å². The second kappa shape index (κ2) is 8.08. The lowest BCUT2D eigenvalue weighted by Crippen LogP contribution is -2.13. The van der Waals surface area contributed by atoms with E-state index in [1.807, 2.05) is 43.3 Å². The smallest absolute Gasteiger partial charge is 0.255 e. The van der Waals surface area contributed by atoms with Gasteiger partial charge in [-0.2, -0.15) is 0 Å². The third-order valence-electron chi connectivity index (χ3n) is 4.74. The van der Waals surface area contributed by atoms with E-state index in [4.69, 9.17) is 25.5 Å². The summed E-state index contributed by atoms with van der Waals surface area (Å²) >= 11 is 6.14. The first-order valence-corrected chi connectivity index (χ1v) is 9.57. The summed E-state index contributed by atoms with van der Waals surface area (Å²) in [6.45, 7) is 1.91. The fraction of sp³-hybridized carbons (Fsp3) is 0.130. The molecule has 3 aromatic carbocycles. The van der Waals surface area contributed by atoms with Gasteiger partial charge in [0.05, 0.1) is 19.2 Å². The van der Waals surface area contributed by atoms with E-state index >= 15 is 0 Å². The normalized spacial score (nSPS) is 10.8. The fourth-order valence-corrected chi connectivity index (χ4v) is 3.31. The molecule has 1 amide bonds. The Labute approximate surface area is 178 Å². The molecule has 0 radical (unpaired) electrons. The number of methoxy groups -OCH3 is 2. The topological polar surface area (TPSA) is 73.6 Å². The highest BCUT2D eigenvalue weighted by Crippen LogP contribution is 2.30. The molecule has 0 atom stereocenters. The molecule has 30 heavy (non-hydrogen) atoms. The molecule has 0 unspecified atom stereocenters. The van der Waals surface area contributed by atoms with Crippen LogP contribution in [0.3, 0.4) is 0 Å². The van der Waals surface area contributed by atoms with Crippen LogP contribution in [0, 0.1) is 6.92 Å². The van der Waals surface area contributed by atoms with Crippen molar-refractivity contribution in [2.45, 2.75) is 6.92 Å². The lowest BCUT2D eigenvalue weighted by Gasteiger charge is -2.11. The minimum atomic E-state index is -0.276. The van der Waals surface area contributed by atoms with Crippen molar-refractivity contribution in [1.29, 1.82) is 0 Å². The molecule has 0 bridgehead atoms. The molecule has 0 aliphatic carbocycles. The summed E-state index contributed by atoms with van der Waals surface area (Å²) in [4.78, 5) is 17.3. The van der Waals surface area contributed by atoms with Gasteiger partial charge >= 0.3 is 0 Å². The molecule has 0 saturated heterocycles. The number of anilines is 1. The average molecular weight is 423 g/mol. The molecule has 4 aromatic rings. The van der Waals surface area contributed by atoms with Crippen molar-refractivity contribution in [3.63, 3.8) is 0 Å². The first-order chi connectivity index (χ1) is 14.5. The number of hydrogen-bond acceptors (Lipinski definition) is 5. The van der Waals surface area contributed by atoms with Crippen LogP contribution in [0.2, 0.25) is 5.02 Å². The van der Waals surface area contributed by atoms with Gasteiger partial charge in [-0.25, -0.2) is 4.98 Å². The van der Waals surface area contributed by atoms with Crippen molar-refractivity contribution in [3.05, 3.63) is 70.7 Å². The van der Waals surface area contributed by atoms with E-state index in [1.54, 1.807) is 25.3 Å². The minimum Gasteiger partial charge on any atom is -0.497 e. The van der Waals surface area contributed by atoms with Gasteiger partial charge in [0.15, 0.2) is 5.58 Å². The van der Waals surface area contributed by atoms with Crippen molar-refractivity contribution < 1.29 is 18.7 Å². The minimum absolute atomic E-state index is 0.276. The SMILES string of the molecule is COc1ccc2oc(-c3ccc(C)c(NC(=O)c4ccc(OC)c(Cl)c4)c3)nc2c1. The Bertz CT molecular complexity index is 1250. The summed E-state index contributed by atoms with van der Waals surface area (Å²) in [6, 6.07) is 16.0. The van der Waals surface area contributed by atoms with E-state index in [9.17, 15) is 4.79 Å². The Morgan fingerprint density at radius 3 is 2.60 bits per heavy atom. The number of aryl methyl sites for hydroxylation is 1. The first kappa shape index (κ1) is 19.8. The third kappa shape index (κ3) is 3.82. The molecule has 7 heteroatoms. The van der Waals surface area contributed by atoms with Crippen molar-refractivity contribution >= 4 is 34.3 Å². The molecule has 1 heterocycles. The highest BCUT2D eigenvalue weighted by molar-refractivity contribution is 6.32. The predicted octanol–water partition coefficient (Wildman–Crippen LogP) is 5.73. The first-order valence-electron chi connectivity index (χ1n) is 9.19. The van der Waals surface area contributed by atoms with Gasteiger partial charge in [0.2, 0.25) is 5.89 Å². The highest BCUT2D eigenvalue weighted by Gasteiger charge is 2.14. The largest absolute Gasteiger partial charge is 0.497 e. The van der Waals surface area contributed by atoms with Crippen LogP contribution in [0.25, 0.3) is 22.6 Å². The Morgan fingerprint density at radius 2 is 1.87 bits per heavy atom. The van der Waals surface area contributed by atoms with Crippen molar-refractivity contribution in [3.8, 4) is 23.0 Å². The molecule has 6 nitrogen and oxygen atoms in total. The number of benzene rings is 3. The quantitative estimate of drug-likeness (QED) is 0.444. The second-order valence-electron chi connectivity index (χ2n) is 6.69. The number of oxazole rings is 1. The zero-order valence-electron chi connectivity index (χ0n) is 16.7. The molecule has 152 valence electrons. The van der Waals surface area contributed by atoms with E-state index in [2.05, 4.69) is 10.3 Å². The fourth-order valence-electron chi connectivity index (χ4n) is 3.05. The molecule has 1 aromatic heterocycles. The summed E-state index contributed by atoms with van der Waals surface area (Å²) in [5.41, 5.74) is 4.10. The van der Waals surface area contributed by atoms with E-state index in [0.717, 1.165) is 11.1 Å². The van der Waals surface area contributed by atoms with Gasteiger partial charge in [-0.15, -0.1) is 0 Å². The van der Waals surface area contributed by atoms with Crippen molar-refractivity contribution in [2.75, 3.05) is 19.5 Å². The molecular weight excluding hydrogens is 404 g/mol. The summed E-state index contributed by atoms with van der Waals surface area (Å²) in [7, 11) is 3.13. The van der Waals surface area contributed by atoms with E-state index in [-0.39, 0.29) is 5.91 Å². The van der Waals surface area contributed by atoms with Crippen LogP contribution >= 0.6 is 11.6 Å². The Morgan fingerprint density at radius 1 is 1.03 bits per heavy atom. The van der Waals surface area contributed by atoms with Gasteiger partial charge in [0.1, 0.15) is 17.0 Å². The number of carbonyl (C=O) groups excluding carboxylic acids is 1. The number of hydrogen-bond donors (Lipinski definition) is 1. The maximum atomic E-state index is 12.7. The summed E-state index contributed by atoms with van der Waals surface area (Å²) in [5, 5.41) is 3.30. The maximum absolute atomic E-state index is 12.7. The van der Waals surface area contributed by atoms with Gasteiger partial charge in [0.25, 0.3) is 5.91 Å².